The standard InChI is InChI=1S/C21H26N2O3/c1-16-6-7-19(26-16)14-22-10-8-21(15-22)9-11-23(20(21)24)13-17-4-3-5-18(12-17)25-2/h3-7,12H,8-11,13-15H2,1-2H3/t21-/m1/s1. The van der Waals surface area contributed by atoms with Crippen molar-refractivity contribution in [2.75, 3.05) is 26.7 Å². The maximum absolute atomic E-state index is 13.1. The Bertz CT molecular complexity index is 800. The van der Waals surface area contributed by atoms with Crippen molar-refractivity contribution in [3.05, 3.63) is 53.5 Å². The molecule has 2 aliphatic rings. The predicted molar refractivity (Wildman–Crippen MR) is 98.8 cm³/mol. The first kappa shape index (κ1) is 17.2. The lowest BCUT2D eigenvalue weighted by Gasteiger charge is -2.23. The number of furan rings is 1. The van der Waals surface area contributed by atoms with E-state index in [1.807, 2.05) is 42.2 Å². The van der Waals surface area contributed by atoms with Crippen LogP contribution in [0.15, 0.2) is 40.8 Å². The van der Waals surface area contributed by atoms with Gasteiger partial charge in [0.25, 0.3) is 0 Å². The zero-order chi connectivity index (χ0) is 18.1. The summed E-state index contributed by atoms with van der Waals surface area (Å²) >= 11 is 0. The summed E-state index contributed by atoms with van der Waals surface area (Å²) in [5.41, 5.74) is 0.913. The first-order chi connectivity index (χ1) is 12.6. The number of likely N-dealkylation sites (tertiary alicyclic amines) is 2. The number of hydrogen-bond acceptors (Lipinski definition) is 4. The molecule has 1 spiro atoms. The molecular weight excluding hydrogens is 328 g/mol. The minimum Gasteiger partial charge on any atom is -0.497 e. The number of carbonyl (C=O) groups excluding carboxylic acids is 1. The lowest BCUT2D eigenvalue weighted by molar-refractivity contribution is -0.136. The summed E-state index contributed by atoms with van der Waals surface area (Å²) in [6, 6.07) is 12.0. The van der Waals surface area contributed by atoms with Gasteiger partial charge in [0.2, 0.25) is 5.91 Å². The molecule has 1 aromatic heterocycles. The number of carbonyl (C=O) groups is 1. The van der Waals surface area contributed by atoms with Crippen LogP contribution in [0.2, 0.25) is 0 Å². The molecule has 0 aliphatic carbocycles. The summed E-state index contributed by atoms with van der Waals surface area (Å²) < 4.78 is 11.0. The highest BCUT2D eigenvalue weighted by molar-refractivity contribution is 5.85. The van der Waals surface area contributed by atoms with Crippen LogP contribution in [-0.4, -0.2) is 42.5 Å². The third-order valence-corrected chi connectivity index (χ3v) is 5.72. The average molecular weight is 354 g/mol. The number of nitrogens with zero attached hydrogens (tertiary/aromatic N) is 2. The lowest BCUT2D eigenvalue weighted by Crippen LogP contribution is -2.36. The quantitative estimate of drug-likeness (QED) is 0.827. The van der Waals surface area contributed by atoms with Crippen molar-refractivity contribution < 1.29 is 13.9 Å². The van der Waals surface area contributed by atoms with Crippen LogP contribution in [0.1, 0.15) is 29.9 Å². The fourth-order valence-electron chi connectivity index (χ4n) is 4.30. The largest absolute Gasteiger partial charge is 0.497 e. The van der Waals surface area contributed by atoms with E-state index < -0.39 is 0 Å². The smallest absolute Gasteiger partial charge is 0.230 e. The number of benzene rings is 1. The maximum atomic E-state index is 13.1. The van der Waals surface area contributed by atoms with Gasteiger partial charge in [0, 0.05) is 19.6 Å². The van der Waals surface area contributed by atoms with Gasteiger partial charge >= 0.3 is 0 Å². The van der Waals surface area contributed by atoms with E-state index in [0.29, 0.717) is 12.5 Å². The van der Waals surface area contributed by atoms with Crippen LogP contribution in [0.5, 0.6) is 5.75 Å². The summed E-state index contributed by atoms with van der Waals surface area (Å²) in [6.07, 6.45) is 1.89. The third kappa shape index (κ3) is 3.23. The van der Waals surface area contributed by atoms with Gasteiger partial charge in [-0.3, -0.25) is 9.69 Å². The molecule has 0 unspecified atom stereocenters. The first-order valence-corrected chi connectivity index (χ1v) is 9.28. The molecule has 0 radical (unpaired) electrons. The molecule has 5 nitrogen and oxygen atoms in total. The molecule has 0 bridgehead atoms. The summed E-state index contributed by atoms with van der Waals surface area (Å²) in [5, 5.41) is 0. The average Bonchev–Trinajstić information content (AvgIpc) is 3.32. The second-order valence-electron chi connectivity index (χ2n) is 7.58. The summed E-state index contributed by atoms with van der Waals surface area (Å²) in [4.78, 5) is 17.5. The van der Waals surface area contributed by atoms with Gasteiger partial charge in [-0.25, -0.2) is 0 Å². The van der Waals surface area contributed by atoms with E-state index in [9.17, 15) is 4.79 Å². The van der Waals surface area contributed by atoms with Crippen molar-refractivity contribution in [2.45, 2.75) is 32.9 Å². The molecule has 0 saturated carbocycles. The SMILES string of the molecule is COc1cccc(CN2CC[C@@]3(CCN(Cc4ccc(C)o4)C3)C2=O)c1. The van der Waals surface area contributed by atoms with Gasteiger partial charge in [0.15, 0.2) is 0 Å². The van der Waals surface area contributed by atoms with Crippen LogP contribution in [-0.2, 0) is 17.9 Å². The fraction of sp³-hybridized carbons (Fsp3) is 0.476. The van der Waals surface area contributed by atoms with Crippen molar-refractivity contribution in [3.8, 4) is 5.75 Å². The van der Waals surface area contributed by atoms with Gasteiger partial charge in [-0.2, -0.15) is 0 Å². The van der Waals surface area contributed by atoms with E-state index in [1.54, 1.807) is 7.11 Å². The number of amides is 1. The van der Waals surface area contributed by atoms with E-state index in [1.165, 1.54) is 0 Å². The normalized spacial score (nSPS) is 23.3. The summed E-state index contributed by atoms with van der Waals surface area (Å²) in [7, 11) is 1.67. The number of rotatable bonds is 5. The monoisotopic (exact) mass is 354 g/mol. The van der Waals surface area contributed by atoms with Crippen molar-refractivity contribution in [3.63, 3.8) is 0 Å². The molecule has 4 rings (SSSR count). The third-order valence-electron chi connectivity index (χ3n) is 5.72. The number of aryl methyl sites for hydroxylation is 1. The van der Waals surface area contributed by atoms with Crippen molar-refractivity contribution >= 4 is 5.91 Å². The lowest BCUT2D eigenvalue weighted by atomic mass is 9.85. The second kappa shape index (κ2) is 6.80. The van der Waals surface area contributed by atoms with Gasteiger partial charge < -0.3 is 14.1 Å². The van der Waals surface area contributed by atoms with Crippen LogP contribution in [0, 0.1) is 12.3 Å². The molecule has 1 amide bonds. The first-order valence-electron chi connectivity index (χ1n) is 9.28. The van der Waals surface area contributed by atoms with Crippen molar-refractivity contribution in [1.82, 2.24) is 9.80 Å². The Morgan fingerprint density at radius 2 is 2.00 bits per heavy atom. The zero-order valence-corrected chi connectivity index (χ0v) is 15.5. The van der Waals surface area contributed by atoms with E-state index in [-0.39, 0.29) is 5.41 Å². The van der Waals surface area contributed by atoms with Crippen LogP contribution in [0.4, 0.5) is 0 Å². The van der Waals surface area contributed by atoms with Crippen molar-refractivity contribution in [2.24, 2.45) is 5.41 Å². The van der Waals surface area contributed by atoms with Gasteiger partial charge in [0.05, 0.1) is 19.1 Å². The topological polar surface area (TPSA) is 45.9 Å². The molecular formula is C21H26N2O3. The molecule has 3 heterocycles. The van der Waals surface area contributed by atoms with E-state index in [0.717, 1.165) is 61.9 Å². The molecule has 5 heteroatoms. The van der Waals surface area contributed by atoms with Crippen LogP contribution < -0.4 is 4.74 Å². The van der Waals surface area contributed by atoms with E-state index in [2.05, 4.69) is 11.0 Å². The fourth-order valence-corrected chi connectivity index (χ4v) is 4.30. The molecule has 1 atom stereocenters. The maximum Gasteiger partial charge on any atom is 0.230 e. The number of hydrogen-bond donors (Lipinski definition) is 0. The minimum atomic E-state index is -0.208. The predicted octanol–water partition coefficient (Wildman–Crippen LogP) is 3.22. The Hall–Kier alpha value is -2.27. The molecule has 2 aromatic rings. The van der Waals surface area contributed by atoms with Crippen LogP contribution in [0.3, 0.4) is 0 Å². The van der Waals surface area contributed by atoms with Crippen molar-refractivity contribution in [1.29, 1.82) is 0 Å². The highest BCUT2D eigenvalue weighted by Gasteiger charge is 2.50. The van der Waals surface area contributed by atoms with E-state index >= 15 is 0 Å². The Morgan fingerprint density at radius 1 is 1.15 bits per heavy atom. The number of ether oxygens (including phenoxy) is 1. The minimum absolute atomic E-state index is 0.208. The van der Waals surface area contributed by atoms with Gasteiger partial charge in [-0.1, -0.05) is 12.1 Å². The Labute approximate surface area is 154 Å². The zero-order valence-electron chi connectivity index (χ0n) is 15.5. The van der Waals surface area contributed by atoms with Gasteiger partial charge in [-0.05, 0) is 56.1 Å². The molecule has 138 valence electrons. The molecule has 2 aliphatic heterocycles. The molecule has 1 aromatic carbocycles. The molecule has 2 fully saturated rings. The highest BCUT2D eigenvalue weighted by Crippen LogP contribution is 2.41. The summed E-state index contributed by atoms with van der Waals surface area (Å²) in [5.74, 6) is 3.07. The summed E-state index contributed by atoms with van der Waals surface area (Å²) in [6.45, 7) is 6.04. The molecule has 2 saturated heterocycles. The van der Waals surface area contributed by atoms with Crippen LogP contribution >= 0.6 is 0 Å². The van der Waals surface area contributed by atoms with E-state index in [4.69, 9.17) is 9.15 Å². The Kier molecular flexibility index (Phi) is 4.49. The highest BCUT2D eigenvalue weighted by atomic mass is 16.5. The van der Waals surface area contributed by atoms with Gasteiger partial charge in [0.1, 0.15) is 17.3 Å². The molecule has 26 heavy (non-hydrogen) atoms. The van der Waals surface area contributed by atoms with Gasteiger partial charge in [-0.15, -0.1) is 0 Å². The number of methoxy groups -OCH3 is 1. The Morgan fingerprint density at radius 3 is 2.77 bits per heavy atom. The Balaban J connectivity index is 1.40. The second-order valence-corrected chi connectivity index (χ2v) is 7.58. The van der Waals surface area contributed by atoms with Crippen LogP contribution in [0.25, 0.3) is 0 Å². The molecule has 0 N–H and O–H groups in total.